The SMILES string of the molecule is CSc1ccc(C2NC(=O)N(CC(=O)Nc3cccc(C(C)=O)c3)C3=C2C(=O)OC3)cc1. The molecule has 0 bridgehead atoms. The number of benzene rings is 2. The summed E-state index contributed by atoms with van der Waals surface area (Å²) in [4.78, 5) is 51.8. The largest absolute Gasteiger partial charge is 0.456 e. The number of urea groups is 1. The molecular weight excluding hydrogens is 430 g/mol. The van der Waals surface area contributed by atoms with Gasteiger partial charge >= 0.3 is 12.0 Å². The van der Waals surface area contributed by atoms with E-state index >= 15 is 0 Å². The van der Waals surface area contributed by atoms with Gasteiger partial charge in [-0.25, -0.2) is 9.59 Å². The van der Waals surface area contributed by atoms with Crippen LogP contribution in [0, 0.1) is 0 Å². The van der Waals surface area contributed by atoms with Gasteiger partial charge in [0.1, 0.15) is 13.2 Å². The summed E-state index contributed by atoms with van der Waals surface area (Å²) in [5.41, 5.74) is 2.37. The van der Waals surface area contributed by atoms with Gasteiger partial charge in [-0.3, -0.25) is 14.5 Å². The van der Waals surface area contributed by atoms with Crippen molar-refractivity contribution >= 4 is 41.1 Å². The van der Waals surface area contributed by atoms with Crippen LogP contribution in [0.15, 0.2) is 64.7 Å². The number of hydrogen-bond acceptors (Lipinski definition) is 6. The van der Waals surface area contributed by atoms with E-state index in [1.165, 1.54) is 11.8 Å². The van der Waals surface area contributed by atoms with E-state index < -0.39 is 23.9 Å². The Balaban J connectivity index is 1.56. The summed E-state index contributed by atoms with van der Waals surface area (Å²) in [6, 6.07) is 13.0. The number of carbonyl (C=O) groups is 4. The number of cyclic esters (lactones) is 1. The second-order valence-corrected chi connectivity index (χ2v) is 8.24. The highest BCUT2D eigenvalue weighted by atomic mass is 32.2. The van der Waals surface area contributed by atoms with E-state index in [-0.39, 0.29) is 18.9 Å². The van der Waals surface area contributed by atoms with Gasteiger partial charge in [0.25, 0.3) is 0 Å². The van der Waals surface area contributed by atoms with E-state index in [1.54, 1.807) is 36.0 Å². The summed E-state index contributed by atoms with van der Waals surface area (Å²) in [5, 5.41) is 5.50. The number of ketones is 1. The van der Waals surface area contributed by atoms with Gasteiger partial charge in [0.05, 0.1) is 17.3 Å². The van der Waals surface area contributed by atoms with Crippen molar-refractivity contribution in [2.24, 2.45) is 0 Å². The van der Waals surface area contributed by atoms with Crippen LogP contribution in [-0.4, -0.2) is 48.0 Å². The Morgan fingerprint density at radius 1 is 1.19 bits per heavy atom. The molecule has 0 saturated carbocycles. The molecule has 164 valence electrons. The van der Waals surface area contributed by atoms with Gasteiger partial charge in [-0.05, 0) is 43.0 Å². The Labute approximate surface area is 189 Å². The van der Waals surface area contributed by atoms with E-state index in [0.29, 0.717) is 22.5 Å². The van der Waals surface area contributed by atoms with Gasteiger partial charge in [0.15, 0.2) is 5.78 Å². The van der Waals surface area contributed by atoms with Crippen LogP contribution in [-0.2, 0) is 14.3 Å². The summed E-state index contributed by atoms with van der Waals surface area (Å²) in [5.74, 6) is -1.10. The number of nitrogens with zero attached hydrogens (tertiary/aromatic N) is 1. The van der Waals surface area contributed by atoms with Gasteiger partial charge in [0, 0.05) is 16.1 Å². The maximum Gasteiger partial charge on any atom is 0.338 e. The second kappa shape index (κ2) is 8.88. The molecule has 2 aliphatic heterocycles. The number of nitrogens with one attached hydrogen (secondary N) is 2. The zero-order chi connectivity index (χ0) is 22.8. The van der Waals surface area contributed by atoms with Crippen LogP contribution in [0.25, 0.3) is 0 Å². The van der Waals surface area contributed by atoms with E-state index in [2.05, 4.69) is 10.6 Å². The number of carbonyl (C=O) groups excluding carboxylic acids is 4. The van der Waals surface area contributed by atoms with Gasteiger partial charge in [-0.2, -0.15) is 0 Å². The molecule has 0 aromatic heterocycles. The molecule has 2 aliphatic rings. The number of hydrogen-bond donors (Lipinski definition) is 2. The lowest BCUT2D eigenvalue weighted by Crippen LogP contribution is -2.49. The van der Waals surface area contributed by atoms with Crippen LogP contribution >= 0.6 is 11.8 Å². The van der Waals surface area contributed by atoms with Crippen molar-refractivity contribution in [2.45, 2.75) is 17.9 Å². The average molecular weight is 452 g/mol. The van der Waals surface area contributed by atoms with E-state index in [9.17, 15) is 19.2 Å². The average Bonchev–Trinajstić information content (AvgIpc) is 3.17. The topological polar surface area (TPSA) is 105 Å². The fourth-order valence-electron chi connectivity index (χ4n) is 3.68. The highest BCUT2D eigenvalue weighted by molar-refractivity contribution is 7.98. The minimum atomic E-state index is -0.644. The quantitative estimate of drug-likeness (QED) is 0.397. The molecule has 2 heterocycles. The summed E-state index contributed by atoms with van der Waals surface area (Å²) < 4.78 is 5.20. The molecule has 9 heteroatoms. The van der Waals surface area contributed by atoms with E-state index in [1.807, 2.05) is 30.5 Å². The summed E-state index contributed by atoms with van der Waals surface area (Å²) in [7, 11) is 0. The Hall–Kier alpha value is -3.59. The molecule has 0 spiro atoms. The molecule has 1 atom stereocenters. The monoisotopic (exact) mass is 451 g/mol. The predicted molar refractivity (Wildman–Crippen MR) is 119 cm³/mol. The van der Waals surface area contributed by atoms with Gasteiger partial charge in [-0.15, -0.1) is 11.8 Å². The number of Topliss-reactive ketones (excluding diaryl/α,β-unsaturated/α-hetero) is 1. The van der Waals surface area contributed by atoms with Crippen LogP contribution in [0.3, 0.4) is 0 Å². The van der Waals surface area contributed by atoms with Crippen LogP contribution in [0.1, 0.15) is 28.9 Å². The molecule has 8 nitrogen and oxygen atoms in total. The predicted octanol–water partition coefficient (Wildman–Crippen LogP) is 3.13. The highest BCUT2D eigenvalue weighted by Crippen LogP contribution is 2.35. The van der Waals surface area contributed by atoms with Crippen LogP contribution < -0.4 is 10.6 Å². The normalized spacial score (nSPS) is 17.6. The highest BCUT2D eigenvalue weighted by Gasteiger charge is 2.42. The lowest BCUT2D eigenvalue weighted by atomic mass is 9.96. The fourth-order valence-corrected chi connectivity index (χ4v) is 4.09. The molecule has 0 aliphatic carbocycles. The first-order valence-corrected chi connectivity index (χ1v) is 11.1. The Morgan fingerprint density at radius 2 is 1.94 bits per heavy atom. The molecule has 4 rings (SSSR count). The first-order chi connectivity index (χ1) is 15.4. The van der Waals surface area contributed by atoms with Crippen LogP contribution in [0.2, 0.25) is 0 Å². The first kappa shape index (κ1) is 21.6. The zero-order valence-corrected chi connectivity index (χ0v) is 18.3. The molecule has 0 fully saturated rings. The van der Waals surface area contributed by atoms with Crippen molar-refractivity contribution in [3.63, 3.8) is 0 Å². The van der Waals surface area contributed by atoms with E-state index in [0.717, 1.165) is 10.5 Å². The third-order valence-corrected chi connectivity index (χ3v) is 6.05. The second-order valence-electron chi connectivity index (χ2n) is 7.36. The standard InChI is InChI=1S/C23H21N3O5S/c1-13(27)15-4-3-5-16(10-15)24-19(28)11-26-18-12-31-22(29)20(18)21(25-23(26)30)14-6-8-17(32-2)9-7-14/h3-10,21H,11-12H2,1-2H3,(H,24,28)(H,25,30). The number of amides is 3. The summed E-state index contributed by atoms with van der Waals surface area (Å²) in [6.07, 6.45) is 1.96. The summed E-state index contributed by atoms with van der Waals surface area (Å²) in [6.45, 7) is 1.06. The van der Waals surface area contributed by atoms with Crippen molar-refractivity contribution in [1.82, 2.24) is 10.2 Å². The third-order valence-electron chi connectivity index (χ3n) is 5.30. The Bertz CT molecular complexity index is 1140. The molecule has 0 saturated heterocycles. The van der Waals surface area contributed by atoms with Gasteiger partial charge in [-0.1, -0.05) is 24.3 Å². The molecule has 32 heavy (non-hydrogen) atoms. The number of rotatable bonds is 6. The lowest BCUT2D eigenvalue weighted by molar-refractivity contribution is -0.136. The molecule has 2 aromatic rings. The maximum absolute atomic E-state index is 12.9. The van der Waals surface area contributed by atoms with Gasteiger partial charge < -0.3 is 15.4 Å². The number of ether oxygens (including phenoxy) is 1. The first-order valence-electron chi connectivity index (χ1n) is 9.90. The minimum Gasteiger partial charge on any atom is -0.456 e. The van der Waals surface area contributed by atoms with Crippen molar-refractivity contribution in [1.29, 1.82) is 0 Å². The number of esters is 1. The van der Waals surface area contributed by atoms with Crippen LogP contribution in [0.5, 0.6) is 0 Å². The van der Waals surface area contributed by atoms with Crippen molar-refractivity contribution < 1.29 is 23.9 Å². The van der Waals surface area contributed by atoms with Crippen molar-refractivity contribution in [3.8, 4) is 0 Å². The minimum absolute atomic E-state index is 0.0753. The Kier molecular flexibility index (Phi) is 6.00. The lowest BCUT2D eigenvalue weighted by Gasteiger charge is -2.32. The van der Waals surface area contributed by atoms with E-state index in [4.69, 9.17) is 4.74 Å². The van der Waals surface area contributed by atoms with Gasteiger partial charge in [0.2, 0.25) is 5.91 Å². The molecule has 1 unspecified atom stereocenters. The Morgan fingerprint density at radius 3 is 2.62 bits per heavy atom. The zero-order valence-electron chi connectivity index (χ0n) is 17.5. The molecule has 3 amide bonds. The molecule has 0 radical (unpaired) electrons. The molecule has 2 aromatic carbocycles. The van der Waals surface area contributed by atoms with Crippen LogP contribution in [0.4, 0.5) is 10.5 Å². The number of thioether (sulfide) groups is 1. The number of anilines is 1. The third kappa shape index (κ3) is 4.24. The molecule has 2 N–H and O–H groups in total. The molecular formula is C23H21N3O5S. The smallest absolute Gasteiger partial charge is 0.338 e. The van der Waals surface area contributed by atoms with Crippen molar-refractivity contribution in [3.05, 3.63) is 70.9 Å². The summed E-state index contributed by atoms with van der Waals surface area (Å²) >= 11 is 1.59. The maximum atomic E-state index is 12.9. The van der Waals surface area contributed by atoms with Crippen molar-refractivity contribution in [2.75, 3.05) is 24.7 Å². The fraction of sp³-hybridized carbons (Fsp3) is 0.217.